The molecule has 0 radical (unpaired) electrons. The fourth-order valence-corrected chi connectivity index (χ4v) is 2.55. The summed E-state index contributed by atoms with van der Waals surface area (Å²) < 4.78 is 42.6. The van der Waals surface area contributed by atoms with Gasteiger partial charge in [0.15, 0.2) is 0 Å². The molecule has 2 aromatic rings. The monoisotopic (exact) mass is 336 g/mol. The van der Waals surface area contributed by atoms with Gasteiger partial charge in [-0.05, 0) is 30.3 Å². The molecule has 0 aliphatic heterocycles. The molecule has 0 aliphatic carbocycles. The Labute approximate surface area is 132 Å². The maximum absolute atomic E-state index is 13.7. The first kappa shape index (κ1) is 16.7. The van der Waals surface area contributed by atoms with E-state index in [1.165, 1.54) is 30.3 Å². The van der Waals surface area contributed by atoms with E-state index >= 15 is 0 Å². The summed E-state index contributed by atoms with van der Waals surface area (Å²) in [5.41, 5.74) is 1.57. The average Bonchev–Trinajstić information content (AvgIpc) is 2.55. The van der Waals surface area contributed by atoms with Crippen molar-refractivity contribution in [1.82, 2.24) is 10.3 Å². The molecular formula is C15H13FN2O4S. The molecule has 0 saturated heterocycles. The Hall–Kier alpha value is -2.71. The number of amides is 1. The molecule has 0 fully saturated rings. The first-order chi connectivity index (χ1) is 10.9. The fourth-order valence-electron chi connectivity index (χ4n) is 1.69. The number of rotatable bonds is 6. The van der Waals surface area contributed by atoms with Crippen LogP contribution in [-0.2, 0) is 10.0 Å². The zero-order valence-corrected chi connectivity index (χ0v) is 12.6. The van der Waals surface area contributed by atoms with Crippen LogP contribution in [0.3, 0.4) is 0 Å². The van der Waals surface area contributed by atoms with E-state index in [9.17, 15) is 17.6 Å². The molecule has 0 heterocycles. The van der Waals surface area contributed by atoms with Gasteiger partial charge in [-0.25, -0.2) is 12.8 Å². The van der Waals surface area contributed by atoms with Crippen LogP contribution in [0.15, 0.2) is 66.3 Å². The van der Waals surface area contributed by atoms with Crippen LogP contribution < -0.4 is 15.0 Å². The Morgan fingerprint density at radius 2 is 1.87 bits per heavy atom. The number of hydrazine groups is 1. The maximum Gasteiger partial charge on any atom is 0.269 e. The lowest BCUT2D eigenvalue weighted by Crippen LogP contribution is -2.41. The van der Waals surface area contributed by atoms with Crippen molar-refractivity contribution in [2.75, 3.05) is 0 Å². The highest BCUT2D eigenvalue weighted by atomic mass is 32.2. The second-order valence-corrected chi connectivity index (χ2v) is 5.98. The van der Waals surface area contributed by atoms with Crippen molar-refractivity contribution in [3.8, 4) is 5.75 Å². The van der Waals surface area contributed by atoms with Crippen LogP contribution in [0.25, 0.3) is 0 Å². The minimum absolute atomic E-state index is 0.0375. The number of carbonyl (C=O) groups excluding carboxylic acids is 1. The Morgan fingerprint density at radius 3 is 2.52 bits per heavy atom. The summed E-state index contributed by atoms with van der Waals surface area (Å²) in [6.45, 7) is 3.35. The second kappa shape index (κ2) is 7.03. The van der Waals surface area contributed by atoms with Crippen LogP contribution in [0.2, 0.25) is 0 Å². The van der Waals surface area contributed by atoms with Crippen molar-refractivity contribution in [2.45, 2.75) is 4.90 Å². The quantitative estimate of drug-likeness (QED) is 0.624. The number of hydrogen-bond acceptors (Lipinski definition) is 4. The predicted octanol–water partition coefficient (Wildman–Crippen LogP) is 1.97. The Bertz CT molecular complexity index is 823. The lowest BCUT2D eigenvalue weighted by atomic mass is 10.2. The van der Waals surface area contributed by atoms with Crippen LogP contribution in [0.4, 0.5) is 4.39 Å². The van der Waals surface area contributed by atoms with Gasteiger partial charge in [0.2, 0.25) is 0 Å². The van der Waals surface area contributed by atoms with E-state index in [4.69, 9.17) is 4.74 Å². The van der Waals surface area contributed by atoms with Gasteiger partial charge in [-0.2, -0.15) is 0 Å². The molecule has 0 spiro atoms. The van der Waals surface area contributed by atoms with Gasteiger partial charge in [0, 0.05) is 0 Å². The third-order valence-electron chi connectivity index (χ3n) is 2.75. The zero-order chi connectivity index (χ0) is 16.9. The summed E-state index contributed by atoms with van der Waals surface area (Å²) in [4.78, 5) is 13.8. The van der Waals surface area contributed by atoms with Crippen molar-refractivity contribution < 1.29 is 22.3 Å². The van der Waals surface area contributed by atoms with Gasteiger partial charge in [-0.15, -0.1) is 4.83 Å². The first-order valence-corrected chi connectivity index (χ1v) is 7.86. The molecule has 2 rings (SSSR count). The molecule has 2 N–H and O–H groups in total. The third kappa shape index (κ3) is 4.15. The molecular weight excluding hydrogens is 323 g/mol. The number of benzene rings is 2. The van der Waals surface area contributed by atoms with Crippen LogP contribution in [0.1, 0.15) is 10.4 Å². The van der Waals surface area contributed by atoms with Crippen LogP contribution in [-0.4, -0.2) is 14.3 Å². The maximum atomic E-state index is 13.7. The Morgan fingerprint density at radius 1 is 1.17 bits per heavy atom. The SMILES string of the molecule is C=COc1ccc(F)c(C(=O)NNS(=O)(=O)c2ccccc2)c1. The summed E-state index contributed by atoms with van der Waals surface area (Å²) in [7, 11) is -3.95. The molecule has 1 amide bonds. The molecule has 0 aliphatic rings. The molecule has 0 atom stereocenters. The third-order valence-corrected chi connectivity index (χ3v) is 4.02. The lowest BCUT2D eigenvalue weighted by Gasteiger charge is -2.09. The summed E-state index contributed by atoms with van der Waals surface area (Å²) >= 11 is 0. The van der Waals surface area contributed by atoms with Crippen LogP contribution in [0, 0.1) is 5.82 Å². The van der Waals surface area contributed by atoms with E-state index in [-0.39, 0.29) is 16.2 Å². The van der Waals surface area contributed by atoms with Crippen LogP contribution in [0.5, 0.6) is 5.75 Å². The number of ether oxygens (including phenoxy) is 1. The van der Waals surface area contributed by atoms with Crippen molar-refractivity contribution in [1.29, 1.82) is 0 Å². The minimum atomic E-state index is -3.95. The largest absolute Gasteiger partial charge is 0.466 e. The number of nitrogens with one attached hydrogen (secondary N) is 2. The van der Waals surface area contributed by atoms with Crippen molar-refractivity contribution in [2.24, 2.45) is 0 Å². The van der Waals surface area contributed by atoms with Gasteiger partial charge in [0.05, 0.1) is 16.7 Å². The number of hydrogen-bond donors (Lipinski definition) is 2. The van der Waals surface area contributed by atoms with Crippen molar-refractivity contribution in [3.63, 3.8) is 0 Å². The van der Waals surface area contributed by atoms with E-state index < -0.39 is 21.7 Å². The van der Waals surface area contributed by atoms with Crippen molar-refractivity contribution in [3.05, 3.63) is 72.8 Å². The zero-order valence-electron chi connectivity index (χ0n) is 11.8. The highest BCUT2D eigenvalue weighted by Crippen LogP contribution is 2.17. The van der Waals surface area contributed by atoms with E-state index in [1.807, 2.05) is 10.3 Å². The van der Waals surface area contributed by atoms with Crippen LogP contribution >= 0.6 is 0 Å². The van der Waals surface area contributed by atoms with Gasteiger partial charge in [0.25, 0.3) is 15.9 Å². The highest BCUT2D eigenvalue weighted by Gasteiger charge is 2.17. The molecule has 6 nitrogen and oxygen atoms in total. The summed E-state index contributed by atoms with van der Waals surface area (Å²) in [6, 6.07) is 10.9. The topological polar surface area (TPSA) is 84.5 Å². The van der Waals surface area contributed by atoms with Gasteiger partial charge < -0.3 is 4.74 Å². The van der Waals surface area contributed by atoms with Gasteiger partial charge in [-0.1, -0.05) is 24.8 Å². The molecule has 23 heavy (non-hydrogen) atoms. The summed E-state index contributed by atoms with van der Waals surface area (Å²) in [6.07, 6.45) is 1.12. The minimum Gasteiger partial charge on any atom is -0.466 e. The average molecular weight is 336 g/mol. The predicted molar refractivity (Wildman–Crippen MR) is 81.5 cm³/mol. The normalized spacial score (nSPS) is 10.8. The number of sulfonamides is 1. The first-order valence-electron chi connectivity index (χ1n) is 6.38. The molecule has 120 valence electrons. The van der Waals surface area contributed by atoms with Crippen molar-refractivity contribution >= 4 is 15.9 Å². The lowest BCUT2D eigenvalue weighted by molar-refractivity contribution is 0.0940. The van der Waals surface area contributed by atoms with E-state index in [2.05, 4.69) is 6.58 Å². The number of halogens is 1. The molecule has 2 aromatic carbocycles. The molecule has 8 heteroatoms. The second-order valence-electron chi connectivity index (χ2n) is 4.30. The molecule has 0 unspecified atom stereocenters. The van der Waals surface area contributed by atoms with Gasteiger partial charge in [-0.3, -0.25) is 10.2 Å². The fraction of sp³-hybridized carbons (Fsp3) is 0. The van der Waals surface area contributed by atoms with Gasteiger partial charge >= 0.3 is 0 Å². The van der Waals surface area contributed by atoms with E-state index in [0.29, 0.717) is 0 Å². The molecule has 0 saturated carbocycles. The van der Waals surface area contributed by atoms with E-state index in [1.54, 1.807) is 6.07 Å². The molecule has 0 aromatic heterocycles. The molecule has 0 bridgehead atoms. The smallest absolute Gasteiger partial charge is 0.269 e. The summed E-state index contributed by atoms with van der Waals surface area (Å²) in [5, 5.41) is 0. The Balaban J connectivity index is 2.14. The Kier molecular flexibility index (Phi) is 5.09. The standard InChI is InChI=1S/C15H13FN2O4S/c1-2-22-11-8-9-14(16)13(10-11)15(19)17-18-23(20,21)12-6-4-3-5-7-12/h2-10,18H,1H2,(H,17,19). The highest BCUT2D eigenvalue weighted by molar-refractivity contribution is 7.89. The number of carbonyl (C=O) groups is 1. The van der Waals surface area contributed by atoms with Gasteiger partial charge in [0.1, 0.15) is 11.6 Å². The van der Waals surface area contributed by atoms with E-state index in [0.717, 1.165) is 18.4 Å². The summed E-state index contributed by atoms with van der Waals surface area (Å²) in [5.74, 6) is -1.59.